The first-order valence-corrected chi connectivity index (χ1v) is 11.9. The van der Waals surface area contributed by atoms with Crippen LogP contribution in [0.2, 0.25) is 0 Å². The number of aromatic nitrogens is 2. The molecule has 0 saturated carbocycles. The molecule has 0 aliphatic carbocycles. The molecule has 0 amide bonds. The maximum Gasteiger partial charge on any atom is 0.472 e. The van der Waals surface area contributed by atoms with Crippen LogP contribution in [0.15, 0.2) is 20.9 Å². The highest BCUT2D eigenvalue weighted by atomic mass is 31.2. The molecule has 1 aromatic heterocycles. The molecule has 2 N–H and O–H groups in total. The third-order valence-electron chi connectivity index (χ3n) is 5.31. The van der Waals surface area contributed by atoms with E-state index in [1.54, 1.807) is 0 Å². The van der Waals surface area contributed by atoms with Gasteiger partial charge in [0.25, 0.3) is 5.56 Å². The van der Waals surface area contributed by atoms with Crippen LogP contribution in [0.5, 0.6) is 0 Å². The Morgan fingerprint density at radius 1 is 1.50 bits per heavy atom. The van der Waals surface area contributed by atoms with Crippen molar-refractivity contribution in [1.82, 2.24) is 14.5 Å². The molecule has 14 heteroatoms. The monoisotopic (exact) mass is 474 g/mol. The Kier molecular flexibility index (Phi) is 9.65. The molecule has 2 rings (SSSR count). The minimum absolute atomic E-state index is 0.000682. The van der Waals surface area contributed by atoms with Crippen molar-refractivity contribution in [2.75, 3.05) is 33.4 Å². The molecule has 1 aromatic rings. The number of azide groups is 1. The van der Waals surface area contributed by atoms with E-state index in [1.807, 2.05) is 11.9 Å². The molecule has 180 valence electrons. The van der Waals surface area contributed by atoms with Crippen LogP contribution in [0.4, 0.5) is 0 Å². The van der Waals surface area contributed by atoms with Crippen LogP contribution in [0.3, 0.4) is 0 Å². The number of hydrogen-bond donors (Lipinski definition) is 2. The highest BCUT2D eigenvalue weighted by Crippen LogP contribution is 2.44. The van der Waals surface area contributed by atoms with Gasteiger partial charge in [-0.15, -0.1) is 0 Å². The molecule has 1 saturated heterocycles. The topological polar surface area (TPSA) is 172 Å². The molecule has 5 atom stereocenters. The summed E-state index contributed by atoms with van der Waals surface area (Å²) in [5, 5.41) is 3.64. The molecule has 0 bridgehead atoms. The maximum atomic E-state index is 12.2. The Labute approximate surface area is 185 Å². The number of ether oxygens (including phenoxy) is 1. The van der Waals surface area contributed by atoms with Gasteiger partial charge < -0.3 is 14.5 Å². The number of nitrogens with zero attached hydrogens (tertiary/aromatic N) is 5. The number of nitrogens with one attached hydrogen (secondary N) is 1. The number of phosphoric acid groups is 1. The van der Waals surface area contributed by atoms with E-state index in [1.165, 1.54) is 17.7 Å². The largest absolute Gasteiger partial charge is 0.472 e. The van der Waals surface area contributed by atoms with Crippen molar-refractivity contribution in [1.29, 1.82) is 0 Å². The number of aryl methyl sites for hydroxylation is 1. The first-order chi connectivity index (χ1) is 15.1. The highest BCUT2D eigenvalue weighted by molar-refractivity contribution is 7.47. The van der Waals surface area contributed by atoms with E-state index < -0.39 is 37.4 Å². The van der Waals surface area contributed by atoms with Crippen molar-refractivity contribution in [3.63, 3.8) is 0 Å². The lowest BCUT2D eigenvalue weighted by Crippen LogP contribution is -2.33. The van der Waals surface area contributed by atoms with Crippen molar-refractivity contribution in [3.8, 4) is 0 Å². The second-order valence-corrected chi connectivity index (χ2v) is 9.44. The molecular formula is C18H31N6O7P. The average molecular weight is 474 g/mol. The highest BCUT2D eigenvalue weighted by Gasteiger charge is 2.38. The maximum absolute atomic E-state index is 12.2. The molecule has 1 aliphatic heterocycles. The number of likely N-dealkylation sites (N-methyl/N-ethyl adjacent to an activating group) is 1. The fourth-order valence-corrected chi connectivity index (χ4v) is 4.02. The summed E-state index contributed by atoms with van der Waals surface area (Å²) in [5.41, 5.74) is 7.94. The zero-order valence-corrected chi connectivity index (χ0v) is 19.6. The lowest BCUT2D eigenvalue weighted by Gasteiger charge is -2.21. The SMILES string of the molecule is CCC(C)CN(C)CCOP(=O)(O)OCC1OC(n2cc(C)c(=O)[nH]c2=O)CC1N=[N+]=[N-]. The molecule has 1 aliphatic rings. The Hall–Kier alpha value is -1.98. The van der Waals surface area contributed by atoms with E-state index in [4.69, 9.17) is 19.3 Å². The summed E-state index contributed by atoms with van der Waals surface area (Å²) < 4.78 is 29.2. The smallest absolute Gasteiger partial charge is 0.352 e. The van der Waals surface area contributed by atoms with Gasteiger partial charge >= 0.3 is 13.5 Å². The van der Waals surface area contributed by atoms with Crippen molar-refractivity contribution >= 4 is 7.82 Å². The Balaban J connectivity index is 1.95. The third-order valence-corrected chi connectivity index (χ3v) is 6.29. The second kappa shape index (κ2) is 11.8. The fourth-order valence-electron chi connectivity index (χ4n) is 3.29. The zero-order valence-electron chi connectivity index (χ0n) is 18.7. The van der Waals surface area contributed by atoms with Crippen molar-refractivity contribution in [3.05, 3.63) is 43.0 Å². The van der Waals surface area contributed by atoms with Gasteiger partial charge in [-0.3, -0.25) is 23.4 Å². The van der Waals surface area contributed by atoms with E-state index in [2.05, 4.69) is 28.9 Å². The van der Waals surface area contributed by atoms with Crippen LogP contribution < -0.4 is 11.2 Å². The van der Waals surface area contributed by atoms with Gasteiger partial charge in [-0.25, -0.2) is 9.36 Å². The molecular weight excluding hydrogens is 443 g/mol. The fraction of sp³-hybridized carbons (Fsp3) is 0.778. The summed E-state index contributed by atoms with van der Waals surface area (Å²) in [5.74, 6) is 0.501. The molecule has 5 unspecified atom stereocenters. The quantitative estimate of drug-likeness (QED) is 0.200. The van der Waals surface area contributed by atoms with Crippen LogP contribution in [0.1, 0.15) is 38.5 Å². The van der Waals surface area contributed by atoms with E-state index >= 15 is 0 Å². The van der Waals surface area contributed by atoms with Gasteiger partial charge in [-0.05, 0) is 25.4 Å². The number of rotatable bonds is 12. The van der Waals surface area contributed by atoms with Gasteiger partial charge in [0.2, 0.25) is 0 Å². The summed E-state index contributed by atoms with van der Waals surface area (Å²) in [7, 11) is -2.46. The van der Waals surface area contributed by atoms with Crippen molar-refractivity contribution < 1.29 is 23.2 Å². The van der Waals surface area contributed by atoms with Crippen LogP contribution >= 0.6 is 7.82 Å². The first-order valence-electron chi connectivity index (χ1n) is 10.4. The van der Waals surface area contributed by atoms with Gasteiger partial charge in [0.15, 0.2) is 0 Å². The van der Waals surface area contributed by atoms with E-state index in [0.717, 1.165) is 13.0 Å². The number of phosphoric ester groups is 1. The minimum atomic E-state index is -4.36. The molecule has 0 aromatic carbocycles. The Morgan fingerprint density at radius 2 is 2.22 bits per heavy atom. The molecule has 13 nitrogen and oxygen atoms in total. The van der Waals surface area contributed by atoms with E-state index in [-0.39, 0.29) is 19.6 Å². The van der Waals surface area contributed by atoms with Gasteiger partial charge in [-0.2, -0.15) is 0 Å². The van der Waals surface area contributed by atoms with Gasteiger partial charge in [0.05, 0.1) is 25.4 Å². The summed E-state index contributed by atoms with van der Waals surface area (Å²) in [6, 6.07) is -0.745. The molecule has 2 heterocycles. The number of H-pyrrole nitrogens is 1. The van der Waals surface area contributed by atoms with E-state index in [9.17, 15) is 19.0 Å². The predicted octanol–water partition coefficient (Wildman–Crippen LogP) is 1.92. The number of aromatic amines is 1. The van der Waals surface area contributed by atoms with Gasteiger partial charge in [-0.1, -0.05) is 25.4 Å². The Morgan fingerprint density at radius 3 is 2.88 bits per heavy atom. The first kappa shape index (κ1) is 26.3. The second-order valence-electron chi connectivity index (χ2n) is 7.99. The summed E-state index contributed by atoms with van der Waals surface area (Å²) in [6.07, 6.45) is 0.785. The van der Waals surface area contributed by atoms with Crippen LogP contribution in [-0.4, -0.2) is 64.8 Å². The molecule has 1 fully saturated rings. The number of hydrogen-bond acceptors (Lipinski definition) is 8. The standard InChI is InChI=1S/C18H31N6O7P/c1-5-12(2)9-23(4)6-7-29-32(27,28)30-11-15-14(21-22-19)8-16(31-15)24-10-13(3)17(25)20-18(24)26/h10,12,14-16H,5-9,11H2,1-4H3,(H,27,28)(H,20,25,26). The van der Waals surface area contributed by atoms with Crippen molar-refractivity contribution in [2.45, 2.75) is 52.0 Å². The summed E-state index contributed by atoms with van der Waals surface area (Å²) >= 11 is 0. The summed E-state index contributed by atoms with van der Waals surface area (Å²) in [4.78, 5) is 40.6. The van der Waals surface area contributed by atoms with Gasteiger partial charge in [0.1, 0.15) is 6.23 Å². The third kappa shape index (κ3) is 7.56. The zero-order chi connectivity index (χ0) is 23.9. The Bertz CT molecular complexity index is 975. The molecule has 0 radical (unpaired) electrons. The lowest BCUT2D eigenvalue weighted by atomic mass is 10.1. The average Bonchev–Trinajstić information content (AvgIpc) is 3.12. The van der Waals surface area contributed by atoms with Crippen molar-refractivity contribution in [2.24, 2.45) is 11.0 Å². The van der Waals surface area contributed by atoms with Crippen LogP contribution in [-0.2, 0) is 18.3 Å². The molecule has 32 heavy (non-hydrogen) atoms. The lowest BCUT2D eigenvalue weighted by molar-refractivity contribution is -0.0286. The predicted molar refractivity (Wildman–Crippen MR) is 116 cm³/mol. The minimum Gasteiger partial charge on any atom is -0.352 e. The summed E-state index contributed by atoms with van der Waals surface area (Å²) in [6.45, 7) is 6.66. The van der Waals surface area contributed by atoms with E-state index in [0.29, 0.717) is 18.0 Å². The van der Waals surface area contributed by atoms with Crippen LogP contribution in [0.25, 0.3) is 10.4 Å². The van der Waals surface area contributed by atoms with Gasteiger partial charge in [0, 0.05) is 36.2 Å². The van der Waals surface area contributed by atoms with Crippen LogP contribution in [0, 0.1) is 12.8 Å². The normalized spacial score (nSPS) is 23.6. The molecule has 0 spiro atoms.